The molecule has 2 aromatic rings. The van der Waals surface area contributed by atoms with E-state index in [1.165, 1.54) is 6.07 Å². The van der Waals surface area contributed by atoms with Crippen molar-refractivity contribution < 1.29 is 13.5 Å². The molecule has 0 bridgehead atoms. The molecule has 0 aliphatic heterocycles. The van der Waals surface area contributed by atoms with Crippen LogP contribution in [0.2, 0.25) is 5.02 Å². The Morgan fingerprint density at radius 1 is 1.32 bits per heavy atom. The van der Waals surface area contributed by atoms with E-state index in [-0.39, 0.29) is 10.8 Å². The summed E-state index contributed by atoms with van der Waals surface area (Å²) in [5.41, 5.74) is 0.746. The van der Waals surface area contributed by atoms with Gasteiger partial charge in [-0.05, 0) is 46.3 Å². The minimum absolute atomic E-state index is 0.0268. The van der Waals surface area contributed by atoms with Gasteiger partial charge in [-0.3, -0.25) is 0 Å². The molecule has 1 aromatic carbocycles. The molecule has 0 atom stereocenters. The minimum Gasteiger partial charge on any atom is -0.433 e. The first kappa shape index (κ1) is 14.6. The maximum atomic E-state index is 12.1. The van der Waals surface area contributed by atoms with Crippen LogP contribution in [0.1, 0.15) is 4.88 Å². The number of nitrogens with one attached hydrogen (secondary N) is 1. The largest absolute Gasteiger partial charge is 0.433 e. The fourth-order valence-electron chi connectivity index (χ4n) is 1.44. The Morgan fingerprint density at radius 3 is 2.68 bits per heavy atom. The van der Waals surface area contributed by atoms with Gasteiger partial charge in [-0.2, -0.15) is 8.78 Å². The van der Waals surface area contributed by atoms with E-state index in [1.54, 1.807) is 23.5 Å². The zero-order valence-corrected chi connectivity index (χ0v) is 12.7. The molecule has 1 heterocycles. The van der Waals surface area contributed by atoms with Gasteiger partial charge in [-0.15, -0.1) is 11.3 Å². The summed E-state index contributed by atoms with van der Waals surface area (Å²) in [6.45, 7) is -2.23. The third-order valence-corrected chi connectivity index (χ3v) is 4.16. The molecule has 1 aromatic heterocycles. The maximum absolute atomic E-state index is 12.1. The van der Waals surface area contributed by atoms with E-state index in [0.717, 1.165) is 14.4 Å². The number of rotatable bonds is 5. The van der Waals surface area contributed by atoms with Crippen molar-refractivity contribution in [3.63, 3.8) is 0 Å². The van der Waals surface area contributed by atoms with Gasteiger partial charge in [0, 0.05) is 17.1 Å². The molecule has 7 heteroatoms. The van der Waals surface area contributed by atoms with Crippen LogP contribution < -0.4 is 10.1 Å². The Kier molecular flexibility index (Phi) is 5.01. The molecule has 0 aliphatic carbocycles. The third-order valence-electron chi connectivity index (χ3n) is 2.24. The number of benzene rings is 1. The Hall–Kier alpha value is -0.850. The molecule has 0 aliphatic rings. The molecule has 0 radical (unpaired) electrons. The van der Waals surface area contributed by atoms with Crippen molar-refractivity contribution >= 4 is 44.6 Å². The molecule has 0 saturated heterocycles. The fourth-order valence-corrected chi connectivity index (χ4v) is 3.09. The van der Waals surface area contributed by atoms with E-state index in [0.29, 0.717) is 6.54 Å². The molecule has 2 nitrogen and oxygen atoms in total. The van der Waals surface area contributed by atoms with Crippen LogP contribution in [-0.4, -0.2) is 6.61 Å². The van der Waals surface area contributed by atoms with Crippen LogP contribution in [0, 0.1) is 0 Å². The van der Waals surface area contributed by atoms with Gasteiger partial charge in [0.15, 0.2) is 0 Å². The second kappa shape index (κ2) is 6.54. The summed E-state index contributed by atoms with van der Waals surface area (Å²) in [6.07, 6.45) is 0. The van der Waals surface area contributed by atoms with Crippen molar-refractivity contribution in [2.45, 2.75) is 13.2 Å². The summed E-state index contributed by atoms with van der Waals surface area (Å²) in [7, 11) is 0. The van der Waals surface area contributed by atoms with Crippen LogP contribution in [0.5, 0.6) is 5.75 Å². The van der Waals surface area contributed by atoms with Crippen LogP contribution in [0.25, 0.3) is 0 Å². The molecule has 0 saturated carbocycles. The summed E-state index contributed by atoms with van der Waals surface area (Å²) in [4.78, 5) is 1.15. The number of ether oxygens (including phenoxy) is 1. The lowest BCUT2D eigenvalue weighted by Crippen LogP contribution is -2.03. The number of hydrogen-bond acceptors (Lipinski definition) is 3. The van der Waals surface area contributed by atoms with Gasteiger partial charge < -0.3 is 10.1 Å². The SMILES string of the molecule is FC(F)Oc1ccc(NCc2ccc(Br)s2)cc1Cl. The Bertz CT molecular complexity index is 564. The van der Waals surface area contributed by atoms with Crippen molar-refractivity contribution in [1.82, 2.24) is 0 Å². The van der Waals surface area contributed by atoms with E-state index in [9.17, 15) is 8.78 Å². The number of thiophene rings is 1. The van der Waals surface area contributed by atoms with Gasteiger partial charge in [0.25, 0.3) is 0 Å². The smallest absolute Gasteiger partial charge is 0.387 e. The van der Waals surface area contributed by atoms with Gasteiger partial charge in [-0.25, -0.2) is 0 Å². The normalized spacial score (nSPS) is 10.8. The van der Waals surface area contributed by atoms with Crippen LogP contribution in [-0.2, 0) is 6.54 Å². The van der Waals surface area contributed by atoms with Crippen molar-refractivity contribution in [3.05, 3.63) is 44.0 Å². The average molecular weight is 369 g/mol. The topological polar surface area (TPSA) is 21.3 Å². The van der Waals surface area contributed by atoms with Gasteiger partial charge in [0.05, 0.1) is 8.81 Å². The molecule has 19 heavy (non-hydrogen) atoms. The molecule has 0 fully saturated rings. The highest BCUT2D eigenvalue weighted by molar-refractivity contribution is 9.11. The van der Waals surface area contributed by atoms with Gasteiger partial charge >= 0.3 is 6.61 Å². The van der Waals surface area contributed by atoms with Crippen LogP contribution in [0.3, 0.4) is 0 Å². The highest BCUT2D eigenvalue weighted by atomic mass is 79.9. The summed E-state index contributed by atoms with van der Waals surface area (Å²) in [5, 5.41) is 3.31. The lowest BCUT2D eigenvalue weighted by Gasteiger charge is -2.09. The summed E-state index contributed by atoms with van der Waals surface area (Å²) in [5.74, 6) is -0.0268. The van der Waals surface area contributed by atoms with E-state index in [1.807, 2.05) is 12.1 Å². The number of halogens is 4. The standard InChI is InChI=1S/C12H9BrClF2NOS/c13-11-4-2-8(19-11)6-17-7-1-3-10(9(14)5-7)18-12(15)16/h1-5,12,17H,6H2. The zero-order chi connectivity index (χ0) is 13.8. The third kappa shape index (κ3) is 4.33. The average Bonchev–Trinajstić information content (AvgIpc) is 2.75. The Morgan fingerprint density at radius 2 is 2.11 bits per heavy atom. The number of alkyl halides is 2. The van der Waals surface area contributed by atoms with Crippen LogP contribution >= 0.6 is 38.9 Å². The predicted octanol–water partition coefficient (Wildman–Crippen LogP) is 5.38. The van der Waals surface area contributed by atoms with Crippen molar-refractivity contribution in [3.8, 4) is 5.75 Å². The molecule has 102 valence electrons. The van der Waals surface area contributed by atoms with Gasteiger partial charge in [0.1, 0.15) is 5.75 Å². The van der Waals surface area contributed by atoms with Crippen molar-refractivity contribution in [2.24, 2.45) is 0 Å². The van der Waals surface area contributed by atoms with Crippen LogP contribution in [0.15, 0.2) is 34.1 Å². The van der Waals surface area contributed by atoms with Crippen molar-refractivity contribution in [2.75, 3.05) is 5.32 Å². The molecule has 1 N–H and O–H groups in total. The lowest BCUT2D eigenvalue weighted by molar-refractivity contribution is -0.0497. The van der Waals surface area contributed by atoms with Gasteiger partial charge in [0.2, 0.25) is 0 Å². The second-order valence-electron chi connectivity index (χ2n) is 3.58. The monoisotopic (exact) mass is 367 g/mol. The van der Waals surface area contributed by atoms with Gasteiger partial charge in [-0.1, -0.05) is 11.6 Å². The molecule has 0 amide bonds. The Balaban J connectivity index is 1.99. The quantitative estimate of drug-likeness (QED) is 0.765. The van der Waals surface area contributed by atoms with Crippen molar-refractivity contribution in [1.29, 1.82) is 0 Å². The Labute approximate surface area is 126 Å². The summed E-state index contributed by atoms with van der Waals surface area (Å²) < 4.78 is 29.5. The molecule has 2 rings (SSSR count). The van der Waals surface area contributed by atoms with Crippen LogP contribution in [0.4, 0.5) is 14.5 Å². The number of anilines is 1. The predicted molar refractivity (Wildman–Crippen MR) is 77.4 cm³/mol. The number of hydrogen-bond donors (Lipinski definition) is 1. The van der Waals surface area contributed by atoms with E-state index < -0.39 is 6.61 Å². The van der Waals surface area contributed by atoms with E-state index in [2.05, 4.69) is 26.0 Å². The molecular formula is C12H9BrClF2NOS. The molecular weight excluding hydrogens is 360 g/mol. The highest BCUT2D eigenvalue weighted by Crippen LogP contribution is 2.29. The second-order valence-corrected chi connectivity index (χ2v) is 6.54. The van der Waals surface area contributed by atoms with E-state index >= 15 is 0 Å². The summed E-state index contributed by atoms with van der Waals surface area (Å²) >= 11 is 10.9. The summed E-state index contributed by atoms with van der Waals surface area (Å²) in [6, 6.07) is 8.58. The first-order valence-corrected chi connectivity index (χ1v) is 7.26. The molecule has 0 unspecified atom stereocenters. The first-order valence-electron chi connectivity index (χ1n) is 5.27. The first-order chi connectivity index (χ1) is 9.04. The maximum Gasteiger partial charge on any atom is 0.387 e. The highest BCUT2D eigenvalue weighted by Gasteiger charge is 2.09. The zero-order valence-electron chi connectivity index (χ0n) is 9.50. The fraction of sp³-hybridized carbons (Fsp3) is 0.167. The molecule has 0 spiro atoms. The van der Waals surface area contributed by atoms with E-state index in [4.69, 9.17) is 11.6 Å². The minimum atomic E-state index is -2.88. The lowest BCUT2D eigenvalue weighted by atomic mass is 10.3.